The molecular formula is C16H31O4P. The molecule has 0 radical (unpaired) electrons. The van der Waals surface area contributed by atoms with E-state index in [-0.39, 0.29) is 11.3 Å². The molecule has 5 heteroatoms. The largest absolute Gasteiger partial charge is 0.473 e. The summed E-state index contributed by atoms with van der Waals surface area (Å²) < 4.78 is 24.0. The molecule has 0 aromatic heterocycles. The van der Waals surface area contributed by atoms with Crippen molar-refractivity contribution < 1.29 is 18.5 Å². The molecule has 4 unspecified atom stereocenters. The summed E-state index contributed by atoms with van der Waals surface area (Å²) in [5.74, 6) is 0.278. The Morgan fingerprint density at radius 2 is 1.67 bits per heavy atom. The van der Waals surface area contributed by atoms with Gasteiger partial charge in [-0.25, -0.2) is 4.57 Å². The van der Waals surface area contributed by atoms with Crippen LogP contribution in [-0.2, 0) is 13.6 Å². The third-order valence-corrected chi connectivity index (χ3v) is 7.41. The van der Waals surface area contributed by atoms with Crippen LogP contribution in [0.15, 0.2) is 0 Å². The third kappa shape index (κ3) is 3.55. The van der Waals surface area contributed by atoms with Gasteiger partial charge in [-0.1, -0.05) is 33.6 Å². The first-order valence-corrected chi connectivity index (χ1v) is 9.74. The van der Waals surface area contributed by atoms with Crippen molar-refractivity contribution >= 4 is 7.82 Å². The number of hydrogen-bond acceptors (Lipinski definition) is 3. The van der Waals surface area contributed by atoms with Crippen LogP contribution in [0, 0.1) is 11.3 Å². The molecule has 4 nitrogen and oxygen atoms in total. The van der Waals surface area contributed by atoms with Crippen LogP contribution in [0.5, 0.6) is 0 Å². The van der Waals surface area contributed by atoms with Gasteiger partial charge in [0.1, 0.15) is 0 Å². The fourth-order valence-electron chi connectivity index (χ4n) is 3.79. The molecule has 0 heterocycles. The van der Waals surface area contributed by atoms with E-state index in [9.17, 15) is 9.46 Å². The first-order chi connectivity index (χ1) is 9.50. The molecule has 1 N–H and O–H groups in total. The summed E-state index contributed by atoms with van der Waals surface area (Å²) in [6.45, 7) is 10.2. The van der Waals surface area contributed by atoms with Crippen molar-refractivity contribution in [1.82, 2.24) is 0 Å². The van der Waals surface area contributed by atoms with Crippen LogP contribution in [0.2, 0.25) is 0 Å². The highest BCUT2D eigenvalue weighted by atomic mass is 31.2. The van der Waals surface area contributed by atoms with E-state index in [0.717, 1.165) is 38.5 Å². The molecule has 124 valence electrons. The molecule has 0 spiro atoms. The van der Waals surface area contributed by atoms with E-state index in [1.54, 1.807) is 0 Å². The van der Waals surface area contributed by atoms with Crippen LogP contribution in [-0.4, -0.2) is 16.1 Å². The van der Waals surface area contributed by atoms with Gasteiger partial charge >= 0.3 is 7.82 Å². The van der Waals surface area contributed by atoms with Crippen molar-refractivity contribution in [2.75, 3.05) is 0 Å². The van der Waals surface area contributed by atoms with Gasteiger partial charge in [0.15, 0.2) is 0 Å². The number of hydrogen-bond donors (Lipinski definition) is 1. The molecule has 2 aliphatic rings. The van der Waals surface area contributed by atoms with E-state index in [0.29, 0.717) is 0 Å². The van der Waals surface area contributed by atoms with Crippen LogP contribution in [0.25, 0.3) is 0 Å². The van der Waals surface area contributed by atoms with Gasteiger partial charge in [0, 0.05) is 0 Å². The SMILES string of the molecule is CC1CCCCC1(C)OP(=O)(O)OC1(C)CCCC1(C)C. The Morgan fingerprint density at radius 3 is 2.19 bits per heavy atom. The van der Waals surface area contributed by atoms with E-state index in [2.05, 4.69) is 20.8 Å². The highest BCUT2D eigenvalue weighted by molar-refractivity contribution is 7.47. The van der Waals surface area contributed by atoms with Gasteiger partial charge in [-0.2, -0.15) is 0 Å². The van der Waals surface area contributed by atoms with Crippen LogP contribution in [0.4, 0.5) is 0 Å². The third-order valence-electron chi connectivity index (χ3n) is 6.13. The first-order valence-electron chi connectivity index (χ1n) is 8.24. The standard InChI is InChI=1S/C16H31O4P/c1-13-9-6-7-11-15(13,4)19-21(17,18)20-16(5)12-8-10-14(16,2)3/h13H,6-12H2,1-5H3,(H,17,18). The number of phosphoric acid groups is 1. The lowest BCUT2D eigenvalue weighted by Gasteiger charge is -2.43. The summed E-state index contributed by atoms with van der Waals surface area (Å²) >= 11 is 0. The van der Waals surface area contributed by atoms with Gasteiger partial charge in [0.05, 0.1) is 11.2 Å². The van der Waals surface area contributed by atoms with Gasteiger partial charge in [-0.05, 0) is 57.3 Å². The zero-order valence-electron chi connectivity index (χ0n) is 14.1. The fraction of sp³-hybridized carbons (Fsp3) is 1.00. The molecule has 2 rings (SSSR count). The lowest BCUT2D eigenvalue weighted by molar-refractivity contribution is -0.0738. The maximum absolute atomic E-state index is 12.6. The molecule has 0 saturated heterocycles. The molecule has 0 aromatic carbocycles. The lowest BCUT2D eigenvalue weighted by Crippen LogP contribution is -2.42. The average Bonchev–Trinajstić information content (AvgIpc) is 2.55. The maximum Gasteiger partial charge on any atom is 0.473 e. The van der Waals surface area contributed by atoms with Crippen molar-refractivity contribution in [1.29, 1.82) is 0 Å². The van der Waals surface area contributed by atoms with Crippen molar-refractivity contribution in [3.8, 4) is 0 Å². The smallest absolute Gasteiger partial charge is 0.302 e. The van der Waals surface area contributed by atoms with Crippen molar-refractivity contribution in [2.45, 2.75) is 90.8 Å². The Morgan fingerprint density at radius 1 is 1.00 bits per heavy atom. The van der Waals surface area contributed by atoms with E-state index < -0.39 is 19.0 Å². The monoisotopic (exact) mass is 318 g/mol. The van der Waals surface area contributed by atoms with Crippen LogP contribution >= 0.6 is 7.82 Å². The minimum Gasteiger partial charge on any atom is -0.302 e. The van der Waals surface area contributed by atoms with Gasteiger partial charge in [-0.3, -0.25) is 9.05 Å². The Balaban J connectivity index is 2.10. The van der Waals surface area contributed by atoms with Crippen LogP contribution in [0.3, 0.4) is 0 Å². The molecule has 0 bridgehead atoms. The summed E-state index contributed by atoms with van der Waals surface area (Å²) in [5.41, 5.74) is -1.25. The van der Waals surface area contributed by atoms with E-state index >= 15 is 0 Å². The molecule has 2 aliphatic carbocycles. The zero-order chi connectivity index (χ0) is 15.9. The Kier molecular flexibility index (Phi) is 4.68. The zero-order valence-corrected chi connectivity index (χ0v) is 15.0. The molecular weight excluding hydrogens is 287 g/mol. The minimum atomic E-state index is -4.06. The normalized spacial score (nSPS) is 42.7. The average molecular weight is 318 g/mol. The fourth-order valence-corrected chi connectivity index (χ4v) is 5.47. The van der Waals surface area contributed by atoms with E-state index in [4.69, 9.17) is 9.05 Å². The summed E-state index contributed by atoms with van der Waals surface area (Å²) in [6.07, 6.45) is 6.92. The van der Waals surface area contributed by atoms with Crippen molar-refractivity contribution in [3.05, 3.63) is 0 Å². The quantitative estimate of drug-likeness (QED) is 0.736. The molecule has 0 aromatic rings. The molecule has 0 aliphatic heterocycles. The highest BCUT2D eigenvalue weighted by Crippen LogP contribution is 2.60. The lowest BCUT2D eigenvalue weighted by atomic mass is 9.78. The summed E-state index contributed by atoms with van der Waals surface area (Å²) in [6, 6.07) is 0. The Labute approximate surface area is 129 Å². The highest BCUT2D eigenvalue weighted by Gasteiger charge is 2.52. The molecule has 21 heavy (non-hydrogen) atoms. The van der Waals surface area contributed by atoms with Crippen molar-refractivity contribution in [3.63, 3.8) is 0 Å². The van der Waals surface area contributed by atoms with E-state index in [1.807, 2.05) is 13.8 Å². The second kappa shape index (κ2) is 5.63. The van der Waals surface area contributed by atoms with E-state index in [1.165, 1.54) is 6.42 Å². The first kappa shape index (κ1) is 17.5. The predicted octanol–water partition coefficient (Wildman–Crippen LogP) is 5.06. The second-order valence-electron chi connectivity index (χ2n) is 8.08. The summed E-state index contributed by atoms with van der Waals surface area (Å²) in [7, 11) is -4.06. The predicted molar refractivity (Wildman–Crippen MR) is 84.1 cm³/mol. The number of phosphoric ester groups is 1. The van der Waals surface area contributed by atoms with Crippen molar-refractivity contribution in [2.24, 2.45) is 11.3 Å². The van der Waals surface area contributed by atoms with Gasteiger partial charge in [0.2, 0.25) is 0 Å². The molecule has 2 fully saturated rings. The Hall–Kier alpha value is 0.110. The molecule has 0 amide bonds. The summed E-state index contributed by atoms with van der Waals surface area (Å²) in [4.78, 5) is 10.3. The topological polar surface area (TPSA) is 55.8 Å². The van der Waals surface area contributed by atoms with Gasteiger partial charge < -0.3 is 4.89 Å². The van der Waals surface area contributed by atoms with Gasteiger partial charge in [-0.15, -0.1) is 0 Å². The minimum absolute atomic E-state index is 0.103. The van der Waals surface area contributed by atoms with Crippen LogP contribution < -0.4 is 0 Å². The maximum atomic E-state index is 12.6. The van der Waals surface area contributed by atoms with Crippen LogP contribution in [0.1, 0.15) is 79.6 Å². The molecule has 2 saturated carbocycles. The summed E-state index contributed by atoms with van der Waals surface area (Å²) in [5, 5.41) is 0. The second-order valence-corrected chi connectivity index (χ2v) is 9.38. The molecule has 4 atom stereocenters. The Bertz CT molecular complexity index is 436. The number of rotatable bonds is 4. The van der Waals surface area contributed by atoms with Gasteiger partial charge in [0.25, 0.3) is 0 Å².